The molecular weight excluding hydrogens is 931 g/mol. The number of unbranched alkanes of at least 4 members (excludes halogenated alkanes) is 30. The number of amides is 1. The number of nitrogens with one attached hydrogen (secondary N) is 1. The molecule has 1 rings (SSSR count). The number of hydrogen-bond donors (Lipinski definition) is 6. The second kappa shape index (κ2) is 52.4. The number of carbonyl (C=O) groups is 2. The number of aliphatic hydroxyl groups excluding tert-OH is 5. The topological polar surface area (TPSA) is 175 Å². The molecule has 0 aromatic carbocycles. The van der Waals surface area contributed by atoms with Gasteiger partial charge in [0.25, 0.3) is 0 Å². The summed E-state index contributed by atoms with van der Waals surface area (Å²) in [4.78, 5) is 25.0. The molecule has 1 aliphatic rings. The monoisotopic (exact) mass is 1040 g/mol. The molecule has 1 heterocycles. The second-order valence-electron chi connectivity index (χ2n) is 21.0. The van der Waals surface area contributed by atoms with E-state index in [1.807, 2.05) is 6.08 Å². The number of ether oxygens (including phenoxy) is 3. The van der Waals surface area contributed by atoms with E-state index in [1.54, 1.807) is 6.08 Å². The van der Waals surface area contributed by atoms with Crippen LogP contribution in [0.15, 0.2) is 60.8 Å². The number of allylic oxidation sites excluding steroid dienone is 9. The number of rotatable bonds is 52. The van der Waals surface area contributed by atoms with Gasteiger partial charge in [-0.3, -0.25) is 9.59 Å². The summed E-state index contributed by atoms with van der Waals surface area (Å²) in [5.74, 6) is -0.221. The van der Waals surface area contributed by atoms with Gasteiger partial charge in [0.05, 0.1) is 32.0 Å². The fourth-order valence-electron chi connectivity index (χ4n) is 9.18. The molecule has 0 spiro atoms. The summed E-state index contributed by atoms with van der Waals surface area (Å²) in [5, 5.41) is 54.1. The zero-order valence-corrected chi connectivity index (χ0v) is 47.3. The molecule has 1 fully saturated rings. The van der Waals surface area contributed by atoms with E-state index >= 15 is 0 Å². The Morgan fingerprint density at radius 2 is 0.919 bits per heavy atom. The van der Waals surface area contributed by atoms with Gasteiger partial charge in [0.2, 0.25) is 5.91 Å². The molecule has 430 valence electrons. The number of carbonyl (C=O) groups excluding carboxylic acids is 2. The molecule has 11 heteroatoms. The van der Waals surface area contributed by atoms with Crippen molar-refractivity contribution in [2.75, 3.05) is 19.8 Å². The summed E-state index contributed by atoms with van der Waals surface area (Å²) >= 11 is 0. The quantitative estimate of drug-likeness (QED) is 0.0195. The van der Waals surface area contributed by atoms with Crippen LogP contribution < -0.4 is 5.32 Å². The van der Waals surface area contributed by atoms with Gasteiger partial charge in [-0.15, -0.1) is 0 Å². The van der Waals surface area contributed by atoms with Crippen LogP contribution in [0.5, 0.6) is 0 Å². The molecule has 6 N–H and O–H groups in total. The Kier molecular flexibility index (Phi) is 49.1. The van der Waals surface area contributed by atoms with Crippen molar-refractivity contribution in [2.24, 2.45) is 0 Å². The van der Waals surface area contributed by atoms with E-state index in [-0.39, 0.29) is 18.5 Å². The highest BCUT2D eigenvalue weighted by atomic mass is 16.7. The highest BCUT2D eigenvalue weighted by Gasteiger charge is 2.44. The van der Waals surface area contributed by atoms with Crippen molar-refractivity contribution in [1.82, 2.24) is 5.32 Å². The van der Waals surface area contributed by atoms with Crippen molar-refractivity contribution in [2.45, 2.75) is 307 Å². The molecule has 7 atom stereocenters. The van der Waals surface area contributed by atoms with Gasteiger partial charge in [-0.1, -0.05) is 209 Å². The molecular formula is C63H113NO10. The number of hydrogen-bond acceptors (Lipinski definition) is 10. The third kappa shape index (κ3) is 41.5. The van der Waals surface area contributed by atoms with E-state index in [2.05, 4.69) is 67.8 Å². The Labute approximate surface area is 452 Å². The standard InChI is InChI=1S/C63H113NO10/c1-3-5-7-9-11-13-14-15-24-28-31-35-39-43-47-51-59(68)72-52-48-44-40-36-32-29-26-23-21-19-17-16-18-20-22-25-27-30-34-38-42-46-50-58(67)64-55(56(66)49-45-41-37-33-12-10-8-6-4-2)54-73-63-62(71)61(70)60(69)57(53-65)74-63/h11-13,15,18,20,24,33,45,49,55-57,60-63,65-66,69-71H,3-10,14,16-17,19,21-23,25-32,34-44,46-48,50-54H2,1-2H3,(H,64,67)/b13-11-,20-18-,24-15-,33-12+,49-45+. The van der Waals surface area contributed by atoms with Crippen molar-refractivity contribution in [3.8, 4) is 0 Å². The van der Waals surface area contributed by atoms with E-state index in [0.717, 1.165) is 89.9 Å². The second-order valence-corrected chi connectivity index (χ2v) is 21.0. The molecule has 0 aliphatic carbocycles. The van der Waals surface area contributed by atoms with E-state index in [0.29, 0.717) is 19.4 Å². The molecule has 0 saturated carbocycles. The van der Waals surface area contributed by atoms with Crippen LogP contribution in [0, 0.1) is 0 Å². The highest BCUT2D eigenvalue weighted by molar-refractivity contribution is 5.76. The molecule has 1 amide bonds. The van der Waals surface area contributed by atoms with Crippen LogP contribution in [0.1, 0.15) is 264 Å². The van der Waals surface area contributed by atoms with Crippen LogP contribution in [0.3, 0.4) is 0 Å². The largest absolute Gasteiger partial charge is 0.466 e. The van der Waals surface area contributed by atoms with Gasteiger partial charge in [-0.25, -0.2) is 0 Å². The Morgan fingerprint density at radius 1 is 0.500 bits per heavy atom. The van der Waals surface area contributed by atoms with Crippen LogP contribution in [0.25, 0.3) is 0 Å². The van der Waals surface area contributed by atoms with Gasteiger partial charge < -0.3 is 45.1 Å². The van der Waals surface area contributed by atoms with Gasteiger partial charge in [-0.05, 0) is 103 Å². The third-order valence-electron chi connectivity index (χ3n) is 14.1. The first kappa shape index (κ1) is 69.4. The van der Waals surface area contributed by atoms with Gasteiger partial charge >= 0.3 is 5.97 Å². The molecule has 1 saturated heterocycles. The summed E-state index contributed by atoms with van der Waals surface area (Å²) in [7, 11) is 0. The van der Waals surface area contributed by atoms with Gasteiger partial charge in [0.1, 0.15) is 24.4 Å². The lowest BCUT2D eigenvalue weighted by atomic mass is 9.99. The molecule has 0 bridgehead atoms. The van der Waals surface area contributed by atoms with Crippen molar-refractivity contribution in [3.63, 3.8) is 0 Å². The zero-order valence-electron chi connectivity index (χ0n) is 47.3. The normalized spacial score (nSPS) is 19.3. The van der Waals surface area contributed by atoms with Gasteiger partial charge in [-0.2, -0.15) is 0 Å². The Balaban J connectivity index is 2.01. The molecule has 1 aliphatic heterocycles. The van der Waals surface area contributed by atoms with Crippen molar-refractivity contribution >= 4 is 11.9 Å². The minimum Gasteiger partial charge on any atom is -0.466 e. The van der Waals surface area contributed by atoms with Crippen molar-refractivity contribution in [3.05, 3.63) is 60.8 Å². The van der Waals surface area contributed by atoms with Crippen LogP contribution >= 0.6 is 0 Å². The van der Waals surface area contributed by atoms with Gasteiger partial charge in [0, 0.05) is 12.8 Å². The summed E-state index contributed by atoms with van der Waals surface area (Å²) in [6.07, 6.45) is 57.6. The average molecular weight is 1040 g/mol. The highest BCUT2D eigenvalue weighted by Crippen LogP contribution is 2.23. The maximum Gasteiger partial charge on any atom is 0.305 e. The predicted octanol–water partition coefficient (Wildman–Crippen LogP) is 14.2. The lowest BCUT2D eigenvalue weighted by Crippen LogP contribution is -2.60. The van der Waals surface area contributed by atoms with E-state index in [4.69, 9.17) is 14.2 Å². The van der Waals surface area contributed by atoms with Crippen molar-refractivity contribution in [1.29, 1.82) is 0 Å². The molecule has 0 radical (unpaired) electrons. The number of esters is 1. The summed E-state index contributed by atoms with van der Waals surface area (Å²) in [6, 6.07) is -0.832. The zero-order chi connectivity index (χ0) is 53.8. The maximum absolute atomic E-state index is 13.0. The molecule has 11 nitrogen and oxygen atoms in total. The van der Waals surface area contributed by atoms with Crippen LogP contribution in [-0.2, 0) is 23.8 Å². The Bertz CT molecular complexity index is 1410. The van der Waals surface area contributed by atoms with E-state index in [9.17, 15) is 35.1 Å². The maximum atomic E-state index is 13.0. The smallest absolute Gasteiger partial charge is 0.305 e. The summed E-state index contributed by atoms with van der Waals surface area (Å²) < 4.78 is 16.7. The first-order valence-electron chi connectivity index (χ1n) is 30.6. The van der Waals surface area contributed by atoms with Crippen LogP contribution in [0.4, 0.5) is 0 Å². The van der Waals surface area contributed by atoms with E-state index in [1.165, 1.54) is 148 Å². The fraction of sp³-hybridized carbons (Fsp3) is 0.810. The molecule has 0 aromatic rings. The van der Waals surface area contributed by atoms with Gasteiger partial charge in [0.15, 0.2) is 6.29 Å². The summed E-state index contributed by atoms with van der Waals surface area (Å²) in [6.45, 7) is 4.23. The Hall–Kier alpha value is -2.64. The third-order valence-corrected chi connectivity index (χ3v) is 14.1. The fourth-order valence-corrected chi connectivity index (χ4v) is 9.18. The molecule has 7 unspecified atom stereocenters. The Morgan fingerprint density at radius 3 is 1.42 bits per heavy atom. The van der Waals surface area contributed by atoms with Crippen LogP contribution in [0.2, 0.25) is 0 Å². The summed E-state index contributed by atoms with van der Waals surface area (Å²) in [5.41, 5.74) is 0. The lowest BCUT2D eigenvalue weighted by Gasteiger charge is -2.40. The predicted molar refractivity (Wildman–Crippen MR) is 306 cm³/mol. The average Bonchev–Trinajstić information content (AvgIpc) is 3.40. The minimum atomic E-state index is -1.58. The first-order valence-corrected chi connectivity index (χ1v) is 30.6. The lowest BCUT2D eigenvalue weighted by molar-refractivity contribution is -0.302. The first-order chi connectivity index (χ1) is 36.2. The number of aliphatic hydroxyl groups is 5. The van der Waals surface area contributed by atoms with Crippen LogP contribution in [-0.4, -0.2) is 100 Å². The molecule has 0 aromatic heterocycles. The SMILES string of the molecule is CCCCC/C=C\C/C=C\CCCCCCCC(=O)OCCCCCCCCCCCCC/C=C\CCCCCCCCCC(=O)NC(COC1OC(CO)C(O)C(O)C1O)C(O)/C=C/CC/C=C/CCCCC. The van der Waals surface area contributed by atoms with Crippen molar-refractivity contribution < 1.29 is 49.3 Å². The molecule has 74 heavy (non-hydrogen) atoms. The van der Waals surface area contributed by atoms with E-state index < -0.39 is 49.5 Å². The minimum absolute atomic E-state index is 0.0178.